The van der Waals surface area contributed by atoms with Crippen LogP contribution in [0.15, 0.2) is 48.7 Å². The second-order valence-electron chi connectivity index (χ2n) is 9.36. The number of benzene rings is 2. The van der Waals surface area contributed by atoms with Gasteiger partial charge in [0, 0.05) is 0 Å². The molecule has 1 heterocycles. The van der Waals surface area contributed by atoms with E-state index in [1.807, 2.05) is 13.8 Å². The van der Waals surface area contributed by atoms with E-state index < -0.39 is 35.7 Å². The third-order valence-corrected chi connectivity index (χ3v) is 8.15. The fourth-order valence-corrected chi connectivity index (χ4v) is 5.07. The topological polar surface area (TPSA) is 80.8 Å². The van der Waals surface area contributed by atoms with E-state index in [2.05, 4.69) is 10.3 Å². The normalized spacial score (nSPS) is 11.7. The number of nitrogens with zero attached hydrogens (tertiary/aromatic N) is 2. The van der Waals surface area contributed by atoms with Gasteiger partial charge in [0.1, 0.15) is 0 Å². The molecule has 0 fully saturated rings. The number of carbonyl (C=O) groups is 2. The summed E-state index contributed by atoms with van der Waals surface area (Å²) < 4.78 is 64.8. The van der Waals surface area contributed by atoms with Crippen molar-refractivity contribution in [1.82, 2.24) is 10.3 Å². The summed E-state index contributed by atoms with van der Waals surface area (Å²) >= 11 is 6.31. The van der Waals surface area contributed by atoms with E-state index in [4.69, 9.17) is 21.1 Å². The quantitative estimate of drug-likeness (QED) is 0.252. The molecule has 2 aromatic carbocycles. The van der Waals surface area contributed by atoms with Crippen molar-refractivity contribution in [2.45, 2.75) is 25.6 Å². The van der Waals surface area contributed by atoms with Gasteiger partial charge < -0.3 is 0 Å². The van der Waals surface area contributed by atoms with Crippen LogP contribution in [0, 0.1) is 5.82 Å². The molecule has 13 heteroatoms. The van der Waals surface area contributed by atoms with Crippen LogP contribution < -0.4 is 18.1 Å². The first-order chi connectivity index (χ1) is 18.6. The van der Waals surface area contributed by atoms with E-state index in [-0.39, 0.29) is 29.0 Å². The molecule has 210 valence electrons. The van der Waals surface area contributed by atoms with Crippen molar-refractivity contribution in [3.05, 3.63) is 70.6 Å². The zero-order chi connectivity index (χ0) is 29.8. The number of nitrogens with one attached hydrogen (secondary N) is 1. The second-order valence-corrected chi connectivity index (χ2v) is 12.2. The van der Waals surface area contributed by atoms with Crippen molar-refractivity contribution in [3.63, 3.8) is 0 Å². The molecule has 0 aliphatic carbocycles. The van der Waals surface area contributed by atoms with Crippen LogP contribution in [0.3, 0.4) is 0 Å². The number of methoxy groups -OCH3 is 1. The SMILES string of the molecule is COC(C)(C)CNC(=O)c1cc[c]([Tl])c(-c2cnc(N(C)C(=O)c3c(F)cccc3Cl)c(OCC(F)(F)F)c2)c1. The van der Waals surface area contributed by atoms with E-state index >= 15 is 0 Å². The number of pyridine rings is 1. The number of halogens is 5. The van der Waals surface area contributed by atoms with Gasteiger partial charge in [-0.2, -0.15) is 0 Å². The van der Waals surface area contributed by atoms with Crippen LogP contribution in [0.5, 0.6) is 5.75 Å². The van der Waals surface area contributed by atoms with Crippen molar-refractivity contribution in [1.29, 1.82) is 0 Å². The van der Waals surface area contributed by atoms with E-state index in [9.17, 15) is 27.2 Å². The summed E-state index contributed by atoms with van der Waals surface area (Å²) in [6, 6.07) is 10.0. The van der Waals surface area contributed by atoms with Gasteiger partial charge in [-0.25, -0.2) is 0 Å². The Morgan fingerprint density at radius 3 is 2.48 bits per heavy atom. The predicted octanol–water partition coefficient (Wildman–Crippen LogP) is 4.71. The monoisotopic (exact) mass is 771 g/mol. The standard InChI is InChI=1S/C27H25ClF4N3O4.Tl/c1-26(2,38-4)14-34-24(36)17-8-5-7-16(11-17)18-12-21(39-15-27(30,31)32)23(33-13-18)35(3)25(37)22-19(28)9-6-10-20(22)29;/h5-6,8-13H,14-15H2,1-4H3,(H,34,36);. The third kappa shape index (κ3) is 7.91. The fourth-order valence-electron chi connectivity index (χ4n) is 3.48. The van der Waals surface area contributed by atoms with Crippen molar-refractivity contribution < 1.29 is 36.6 Å². The van der Waals surface area contributed by atoms with Crippen molar-refractivity contribution in [3.8, 4) is 16.9 Å². The second kappa shape index (κ2) is 12.8. The van der Waals surface area contributed by atoms with Gasteiger partial charge in [-0.3, -0.25) is 0 Å². The van der Waals surface area contributed by atoms with E-state index in [1.165, 1.54) is 38.6 Å². The number of alkyl halides is 3. The average molecular weight is 771 g/mol. The summed E-state index contributed by atoms with van der Waals surface area (Å²) in [5.74, 6) is -2.82. The van der Waals surface area contributed by atoms with E-state index in [0.717, 1.165) is 14.1 Å². The van der Waals surface area contributed by atoms with Gasteiger partial charge in [0.2, 0.25) is 0 Å². The molecule has 0 radical (unpaired) electrons. The van der Waals surface area contributed by atoms with Crippen LogP contribution in [-0.2, 0) is 4.74 Å². The number of hydrogen-bond acceptors (Lipinski definition) is 5. The predicted molar refractivity (Wildman–Crippen MR) is 144 cm³/mol. The number of rotatable bonds is 9. The number of aromatic nitrogens is 1. The molecule has 0 bridgehead atoms. The molecule has 0 spiro atoms. The molecule has 3 rings (SSSR count). The Labute approximate surface area is 249 Å². The molecular formula is C27H25ClF4N3O4Tl. The molecule has 2 amide bonds. The van der Waals surface area contributed by atoms with Gasteiger partial charge in [0.25, 0.3) is 0 Å². The van der Waals surface area contributed by atoms with Gasteiger partial charge in [0.15, 0.2) is 0 Å². The molecule has 7 nitrogen and oxygen atoms in total. The van der Waals surface area contributed by atoms with Crippen LogP contribution in [0.4, 0.5) is 23.4 Å². The molecule has 0 aliphatic heterocycles. The van der Waals surface area contributed by atoms with Crippen LogP contribution >= 0.6 is 11.6 Å². The van der Waals surface area contributed by atoms with Crippen LogP contribution in [0.1, 0.15) is 34.6 Å². The van der Waals surface area contributed by atoms with Gasteiger partial charge in [-0.15, -0.1) is 0 Å². The Morgan fingerprint density at radius 2 is 1.85 bits per heavy atom. The van der Waals surface area contributed by atoms with Crippen molar-refractivity contribution >= 4 is 58.1 Å². The fraction of sp³-hybridized carbons (Fsp3) is 0.296. The molecule has 3 aromatic rings. The first-order valence-corrected chi connectivity index (χ1v) is 14.4. The Morgan fingerprint density at radius 1 is 1.15 bits per heavy atom. The molecule has 0 saturated heterocycles. The number of amides is 2. The Bertz CT molecular complexity index is 1400. The van der Waals surface area contributed by atoms with Crippen LogP contribution in [0.2, 0.25) is 5.02 Å². The van der Waals surface area contributed by atoms with Crippen LogP contribution in [-0.4, -0.2) is 81.7 Å². The zero-order valence-corrected chi connectivity index (χ0v) is 27.3. The third-order valence-electron chi connectivity index (χ3n) is 5.88. The minimum absolute atomic E-state index is 0.170. The van der Waals surface area contributed by atoms with E-state index in [1.54, 1.807) is 18.2 Å². The van der Waals surface area contributed by atoms with Crippen molar-refractivity contribution in [2.24, 2.45) is 0 Å². The summed E-state index contributed by atoms with van der Waals surface area (Å²) in [6.45, 7) is 2.23. The Hall–Kier alpha value is -2.78. The average Bonchev–Trinajstić information content (AvgIpc) is 2.89. The maximum absolute atomic E-state index is 14.4. The number of ether oxygens (including phenoxy) is 2. The zero-order valence-electron chi connectivity index (χ0n) is 22.0. The summed E-state index contributed by atoms with van der Waals surface area (Å²) in [7, 11) is 2.76. The number of hydrogen-bond donors (Lipinski definition) is 1. The summed E-state index contributed by atoms with van der Waals surface area (Å²) in [4.78, 5) is 30.9. The summed E-state index contributed by atoms with van der Waals surface area (Å²) in [6.07, 6.45) is -3.33. The molecule has 0 aliphatic rings. The molecule has 0 atom stereocenters. The van der Waals surface area contributed by atoms with Gasteiger partial charge in [-0.05, 0) is 0 Å². The van der Waals surface area contributed by atoms with Crippen LogP contribution in [0.25, 0.3) is 11.1 Å². The molecule has 1 aromatic heterocycles. The summed E-state index contributed by atoms with van der Waals surface area (Å²) in [5, 5.41) is 2.63. The first kappa shape index (κ1) is 31.7. The molecule has 1 N–H and O–H groups in total. The Kier molecular flexibility index (Phi) is 10.2. The van der Waals surface area contributed by atoms with Gasteiger partial charge in [-0.1, -0.05) is 0 Å². The van der Waals surface area contributed by atoms with Gasteiger partial charge >= 0.3 is 250 Å². The maximum atomic E-state index is 14.4. The Balaban J connectivity index is 2.02. The number of anilines is 1. The molecule has 0 unspecified atom stereocenters. The first-order valence-electron chi connectivity index (χ1n) is 11.8. The number of carbonyl (C=O) groups excluding carboxylic acids is 2. The van der Waals surface area contributed by atoms with Crippen molar-refractivity contribution in [2.75, 3.05) is 32.2 Å². The minimum atomic E-state index is -4.68. The summed E-state index contributed by atoms with van der Waals surface area (Å²) in [5.41, 5.74) is 0.228. The molecule has 40 heavy (non-hydrogen) atoms. The van der Waals surface area contributed by atoms with Gasteiger partial charge in [0.05, 0.1) is 0 Å². The van der Waals surface area contributed by atoms with E-state index in [0.29, 0.717) is 42.5 Å². The molecular weight excluding hydrogens is 746 g/mol. The molecule has 0 saturated carbocycles.